The first kappa shape index (κ1) is 27.2. The van der Waals surface area contributed by atoms with Gasteiger partial charge in [0.15, 0.2) is 5.96 Å². The third-order valence-electron chi connectivity index (χ3n) is 6.10. The van der Waals surface area contributed by atoms with Crippen molar-refractivity contribution >= 4 is 35.6 Å². The van der Waals surface area contributed by atoms with Crippen molar-refractivity contribution in [2.75, 3.05) is 44.3 Å². The molecule has 0 spiro atoms. The first-order valence-corrected chi connectivity index (χ1v) is 12.0. The molecule has 32 heavy (non-hydrogen) atoms. The van der Waals surface area contributed by atoms with Crippen LogP contribution in [0.25, 0.3) is 0 Å². The molecule has 1 unspecified atom stereocenters. The monoisotopic (exact) mass is 558 g/mol. The Bertz CT molecular complexity index is 693. The van der Waals surface area contributed by atoms with Crippen LogP contribution in [-0.4, -0.2) is 62.6 Å². The number of hydrogen-bond donors (Lipinski definition) is 3. The zero-order valence-electron chi connectivity index (χ0n) is 20.3. The highest BCUT2D eigenvalue weighted by molar-refractivity contribution is 14.0. The van der Waals surface area contributed by atoms with Crippen LogP contribution >= 0.6 is 24.0 Å². The highest BCUT2D eigenvalue weighted by Gasteiger charge is 2.22. The Labute approximate surface area is 211 Å². The van der Waals surface area contributed by atoms with E-state index in [4.69, 9.17) is 4.74 Å². The summed E-state index contributed by atoms with van der Waals surface area (Å²) < 4.78 is 5.58. The van der Waals surface area contributed by atoms with Crippen LogP contribution in [0, 0.1) is 5.92 Å². The molecule has 1 atom stereocenters. The molecule has 2 aliphatic rings. The maximum Gasteiger partial charge on any atom is 0.191 e. The number of aliphatic hydroxyl groups is 1. The van der Waals surface area contributed by atoms with E-state index >= 15 is 0 Å². The van der Waals surface area contributed by atoms with Gasteiger partial charge >= 0.3 is 0 Å². The molecule has 2 fully saturated rings. The van der Waals surface area contributed by atoms with Gasteiger partial charge in [-0.2, -0.15) is 0 Å². The summed E-state index contributed by atoms with van der Waals surface area (Å²) >= 11 is 0. The van der Waals surface area contributed by atoms with Crippen molar-refractivity contribution in [1.82, 2.24) is 10.6 Å². The third-order valence-corrected chi connectivity index (χ3v) is 6.10. The van der Waals surface area contributed by atoms with Gasteiger partial charge in [-0.1, -0.05) is 32.9 Å². The SMILES string of the molecule is CCNC(=NCC(O)COCC1CC1)NC1CCN(c2ccc(C(C)(C)C)cc2)CC1.I. The van der Waals surface area contributed by atoms with Gasteiger partial charge in [-0.15, -0.1) is 24.0 Å². The van der Waals surface area contributed by atoms with E-state index in [1.165, 1.54) is 24.1 Å². The van der Waals surface area contributed by atoms with E-state index < -0.39 is 6.10 Å². The van der Waals surface area contributed by atoms with E-state index in [0.717, 1.165) is 51.0 Å². The molecular formula is C25H43IN4O2. The van der Waals surface area contributed by atoms with Crippen LogP contribution in [0.1, 0.15) is 58.9 Å². The highest BCUT2D eigenvalue weighted by Crippen LogP contribution is 2.29. The Kier molecular flexibility index (Phi) is 11.0. The van der Waals surface area contributed by atoms with Crippen molar-refractivity contribution in [2.24, 2.45) is 10.9 Å². The third kappa shape index (κ3) is 9.06. The van der Waals surface area contributed by atoms with Crippen LogP contribution in [0.5, 0.6) is 0 Å². The fraction of sp³-hybridized carbons (Fsp3) is 0.720. The van der Waals surface area contributed by atoms with Crippen LogP contribution < -0.4 is 15.5 Å². The van der Waals surface area contributed by atoms with E-state index in [2.05, 4.69) is 72.5 Å². The molecule has 3 rings (SSSR count). The van der Waals surface area contributed by atoms with Gasteiger partial charge in [0.1, 0.15) is 0 Å². The summed E-state index contributed by atoms with van der Waals surface area (Å²) in [4.78, 5) is 7.05. The van der Waals surface area contributed by atoms with Gasteiger partial charge in [-0.05, 0) is 61.6 Å². The number of aliphatic hydroxyl groups excluding tert-OH is 1. The minimum absolute atomic E-state index is 0. The number of aliphatic imine (C=N–C) groups is 1. The fourth-order valence-corrected chi connectivity index (χ4v) is 3.87. The summed E-state index contributed by atoms with van der Waals surface area (Å²) in [7, 11) is 0. The first-order valence-electron chi connectivity index (χ1n) is 12.0. The lowest BCUT2D eigenvalue weighted by atomic mass is 9.87. The van der Waals surface area contributed by atoms with E-state index in [1.54, 1.807) is 0 Å². The molecule has 0 amide bonds. The standard InChI is InChI=1S/C25H42N4O2.HI/c1-5-26-24(27-16-23(30)18-31-17-19-6-7-19)28-21-12-14-29(15-13-21)22-10-8-20(9-11-22)25(2,3)4;/h8-11,19,21,23,30H,5-7,12-18H2,1-4H3,(H2,26,27,28);1H. The number of halogens is 1. The largest absolute Gasteiger partial charge is 0.389 e. The summed E-state index contributed by atoms with van der Waals surface area (Å²) in [5.74, 6) is 1.51. The Hall–Kier alpha value is -1.06. The summed E-state index contributed by atoms with van der Waals surface area (Å²) in [6, 6.07) is 9.43. The number of anilines is 1. The fourth-order valence-electron chi connectivity index (χ4n) is 3.87. The van der Waals surface area contributed by atoms with Crippen LogP contribution in [-0.2, 0) is 10.2 Å². The van der Waals surface area contributed by atoms with Crippen LogP contribution in [0.15, 0.2) is 29.3 Å². The predicted molar refractivity (Wildman–Crippen MR) is 144 cm³/mol. The smallest absolute Gasteiger partial charge is 0.191 e. The number of benzene rings is 1. The highest BCUT2D eigenvalue weighted by atomic mass is 127. The average Bonchev–Trinajstić information content (AvgIpc) is 3.57. The van der Waals surface area contributed by atoms with Gasteiger partial charge < -0.3 is 25.4 Å². The van der Waals surface area contributed by atoms with Gasteiger partial charge in [0.05, 0.1) is 19.3 Å². The van der Waals surface area contributed by atoms with Gasteiger partial charge in [0.2, 0.25) is 0 Å². The second-order valence-corrected chi connectivity index (χ2v) is 10.1. The van der Waals surface area contributed by atoms with Crippen molar-refractivity contribution in [3.63, 3.8) is 0 Å². The van der Waals surface area contributed by atoms with Gasteiger partial charge in [-0.25, -0.2) is 0 Å². The molecule has 7 heteroatoms. The van der Waals surface area contributed by atoms with Crippen LogP contribution in [0.4, 0.5) is 5.69 Å². The summed E-state index contributed by atoms with van der Waals surface area (Å²) in [5.41, 5.74) is 2.87. The number of nitrogens with one attached hydrogen (secondary N) is 2. The van der Waals surface area contributed by atoms with Gasteiger partial charge in [0.25, 0.3) is 0 Å². The molecular weight excluding hydrogens is 515 g/mol. The zero-order chi connectivity index (χ0) is 22.3. The predicted octanol–water partition coefficient (Wildman–Crippen LogP) is 3.91. The average molecular weight is 559 g/mol. The van der Waals surface area contributed by atoms with E-state index in [9.17, 15) is 5.11 Å². The second kappa shape index (κ2) is 13.0. The van der Waals surface area contributed by atoms with E-state index in [1.807, 2.05) is 0 Å². The first-order chi connectivity index (χ1) is 14.8. The van der Waals surface area contributed by atoms with Crippen molar-refractivity contribution in [2.45, 2.75) is 70.9 Å². The summed E-state index contributed by atoms with van der Waals surface area (Å²) in [6.07, 6.45) is 4.12. The molecule has 6 nitrogen and oxygen atoms in total. The number of guanidine groups is 1. The molecule has 1 aliphatic carbocycles. The molecule has 1 aromatic carbocycles. The minimum atomic E-state index is -0.549. The van der Waals surface area contributed by atoms with Crippen molar-refractivity contribution in [3.05, 3.63) is 29.8 Å². The number of piperidine rings is 1. The van der Waals surface area contributed by atoms with Crippen molar-refractivity contribution in [3.8, 4) is 0 Å². The summed E-state index contributed by atoms with van der Waals surface area (Å²) in [6.45, 7) is 13.2. The summed E-state index contributed by atoms with van der Waals surface area (Å²) in [5, 5.41) is 17.0. The van der Waals surface area contributed by atoms with E-state index in [0.29, 0.717) is 19.2 Å². The molecule has 3 N–H and O–H groups in total. The molecule has 1 aliphatic heterocycles. The zero-order valence-corrected chi connectivity index (χ0v) is 22.6. The molecule has 182 valence electrons. The lowest BCUT2D eigenvalue weighted by Crippen LogP contribution is -2.49. The van der Waals surface area contributed by atoms with Gasteiger partial charge in [0, 0.05) is 38.0 Å². The maximum absolute atomic E-state index is 10.1. The molecule has 1 aromatic rings. The van der Waals surface area contributed by atoms with Crippen LogP contribution in [0.2, 0.25) is 0 Å². The number of hydrogen-bond acceptors (Lipinski definition) is 4. The van der Waals surface area contributed by atoms with E-state index in [-0.39, 0.29) is 29.4 Å². The Balaban J connectivity index is 0.00000363. The maximum atomic E-state index is 10.1. The Morgan fingerprint density at radius 2 is 1.81 bits per heavy atom. The molecule has 0 bridgehead atoms. The Morgan fingerprint density at radius 1 is 1.16 bits per heavy atom. The molecule has 0 aromatic heterocycles. The second-order valence-electron chi connectivity index (χ2n) is 10.1. The molecule has 1 saturated heterocycles. The lowest BCUT2D eigenvalue weighted by Gasteiger charge is -2.35. The quantitative estimate of drug-likeness (QED) is 0.244. The lowest BCUT2D eigenvalue weighted by molar-refractivity contribution is 0.0368. The Morgan fingerprint density at radius 3 is 2.38 bits per heavy atom. The number of rotatable bonds is 9. The molecule has 0 radical (unpaired) electrons. The van der Waals surface area contributed by atoms with Crippen LogP contribution in [0.3, 0.4) is 0 Å². The van der Waals surface area contributed by atoms with Crippen molar-refractivity contribution in [1.29, 1.82) is 0 Å². The molecule has 1 heterocycles. The number of ether oxygens (including phenoxy) is 1. The normalized spacial score (nSPS) is 18.8. The number of nitrogens with zero attached hydrogens (tertiary/aromatic N) is 2. The topological polar surface area (TPSA) is 69.1 Å². The minimum Gasteiger partial charge on any atom is -0.389 e. The van der Waals surface area contributed by atoms with Gasteiger partial charge in [-0.3, -0.25) is 4.99 Å². The van der Waals surface area contributed by atoms with Crippen molar-refractivity contribution < 1.29 is 9.84 Å². The molecule has 1 saturated carbocycles.